The molecule has 5 nitrogen and oxygen atoms in total. The van der Waals surface area contributed by atoms with Gasteiger partial charge in [0.15, 0.2) is 5.96 Å². The van der Waals surface area contributed by atoms with Crippen LogP contribution in [0.15, 0.2) is 4.99 Å². The first-order valence-electron chi connectivity index (χ1n) is 9.50. The van der Waals surface area contributed by atoms with Crippen molar-refractivity contribution in [2.24, 2.45) is 4.99 Å². The van der Waals surface area contributed by atoms with Crippen molar-refractivity contribution in [2.75, 3.05) is 39.3 Å². The van der Waals surface area contributed by atoms with Crippen molar-refractivity contribution in [2.45, 2.75) is 70.9 Å². The molecule has 2 N–H and O–H groups in total. The summed E-state index contributed by atoms with van der Waals surface area (Å²) < 4.78 is 5.68. The number of hydrogen-bond donors (Lipinski definition) is 2. The smallest absolute Gasteiger partial charge is 0.191 e. The molecule has 142 valence electrons. The Balaban J connectivity index is 0.00000288. The molecule has 0 aliphatic carbocycles. The molecule has 0 bridgehead atoms. The van der Waals surface area contributed by atoms with Gasteiger partial charge in [-0.3, -0.25) is 9.89 Å². The van der Waals surface area contributed by atoms with Gasteiger partial charge in [-0.05, 0) is 66.0 Å². The minimum atomic E-state index is 0. The van der Waals surface area contributed by atoms with Gasteiger partial charge in [0.2, 0.25) is 0 Å². The van der Waals surface area contributed by atoms with E-state index < -0.39 is 0 Å². The summed E-state index contributed by atoms with van der Waals surface area (Å²) in [5.74, 6) is 0.940. The summed E-state index contributed by atoms with van der Waals surface area (Å²) >= 11 is 0. The Hall–Kier alpha value is -0.0800. The highest BCUT2D eigenvalue weighted by molar-refractivity contribution is 14.0. The fourth-order valence-corrected chi connectivity index (χ4v) is 3.44. The first-order valence-corrected chi connectivity index (χ1v) is 9.50. The van der Waals surface area contributed by atoms with Crippen molar-refractivity contribution < 1.29 is 4.74 Å². The highest BCUT2D eigenvalue weighted by Gasteiger charge is 2.27. The molecular weight excluding hydrogens is 415 g/mol. The Morgan fingerprint density at radius 3 is 2.54 bits per heavy atom. The lowest BCUT2D eigenvalue weighted by Crippen LogP contribution is -2.49. The molecule has 1 unspecified atom stereocenters. The summed E-state index contributed by atoms with van der Waals surface area (Å²) in [6.45, 7) is 12.8. The molecule has 2 saturated heterocycles. The predicted molar refractivity (Wildman–Crippen MR) is 112 cm³/mol. The molecule has 2 aliphatic rings. The maximum absolute atomic E-state index is 5.68. The summed E-state index contributed by atoms with van der Waals surface area (Å²) in [6.07, 6.45) is 7.96. The number of aliphatic imine (C=N–C) groups is 1. The van der Waals surface area contributed by atoms with E-state index in [1.54, 1.807) is 0 Å². The molecule has 2 fully saturated rings. The highest BCUT2D eigenvalue weighted by Crippen LogP contribution is 2.20. The lowest BCUT2D eigenvalue weighted by atomic mass is 9.99. The number of hydrogen-bond acceptors (Lipinski definition) is 3. The van der Waals surface area contributed by atoms with Gasteiger partial charge in [0.25, 0.3) is 0 Å². The number of likely N-dealkylation sites (tertiary alicyclic amines) is 1. The molecule has 6 heteroatoms. The summed E-state index contributed by atoms with van der Waals surface area (Å²) in [6, 6.07) is 0. The van der Waals surface area contributed by atoms with Crippen molar-refractivity contribution in [3.63, 3.8) is 0 Å². The molecular formula is C18H37IN4O. The van der Waals surface area contributed by atoms with Crippen LogP contribution >= 0.6 is 24.0 Å². The minimum Gasteiger partial charge on any atom is -0.378 e. The van der Waals surface area contributed by atoms with Crippen LogP contribution in [0.4, 0.5) is 0 Å². The minimum absolute atomic E-state index is 0. The number of nitrogens with zero attached hydrogens (tertiary/aromatic N) is 2. The predicted octanol–water partition coefficient (Wildman–Crippen LogP) is 2.99. The van der Waals surface area contributed by atoms with E-state index in [2.05, 4.69) is 36.3 Å². The molecule has 24 heavy (non-hydrogen) atoms. The average Bonchev–Trinajstić information content (AvgIpc) is 3.07. The van der Waals surface area contributed by atoms with Gasteiger partial charge in [-0.1, -0.05) is 6.42 Å². The fourth-order valence-electron chi connectivity index (χ4n) is 3.44. The van der Waals surface area contributed by atoms with Gasteiger partial charge >= 0.3 is 0 Å². The topological polar surface area (TPSA) is 48.9 Å². The normalized spacial score (nSPS) is 23.0. The zero-order chi connectivity index (χ0) is 16.5. The van der Waals surface area contributed by atoms with Crippen LogP contribution in [-0.2, 0) is 4.74 Å². The SMILES string of the molecule is CCNC(=NCC(C)(C)N1CCCCC1)NCCC1CCCO1.I. The van der Waals surface area contributed by atoms with Crippen LogP contribution in [0.1, 0.15) is 59.3 Å². The van der Waals surface area contributed by atoms with E-state index in [4.69, 9.17) is 9.73 Å². The van der Waals surface area contributed by atoms with Crippen molar-refractivity contribution in [1.82, 2.24) is 15.5 Å². The van der Waals surface area contributed by atoms with Gasteiger partial charge in [0.05, 0.1) is 12.6 Å². The van der Waals surface area contributed by atoms with Crippen LogP contribution in [-0.4, -0.2) is 61.8 Å². The van der Waals surface area contributed by atoms with Crippen LogP contribution < -0.4 is 10.6 Å². The van der Waals surface area contributed by atoms with E-state index in [1.807, 2.05) is 0 Å². The molecule has 2 aliphatic heterocycles. The van der Waals surface area contributed by atoms with Crippen molar-refractivity contribution in [1.29, 1.82) is 0 Å². The molecule has 0 spiro atoms. The van der Waals surface area contributed by atoms with E-state index in [0.717, 1.165) is 38.6 Å². The second-order valence-electron chi connectivity index (χ2n) is 7.41. The highest BCUT2D eigenvalue weighted by atomic mass is 127. The van der Waals surface area contributed by atoms with Gasteiger partial charge in [-0.25, -0.2) is 0 Å². The molecule has 1 atom stereocenters. The lowest BCUT2D eigenvalue weighted by molar-refractivity contribution is 0.102. The van der Waals surface area contributed by atoms with Gasteiger partial charge < -0.3 is 15.4 Å². The van der Waals surface area contributed by atoms with E-state index >= 15 is 0 Å². The third-order valence-electron chi connectivity index (χ3n) is 4.96. The van der Waals surface area contributed by atoms with Crippen LogP contribution in [0, 0.1) is 0 Å². The molecule has 2 rings (SSSR count). The fraction of sp³-hybridized carbons (Fsp3) is 0.944. The van der Waals surface area contributed by atoms with Gasteiger partial charge in [0, 0.05) is 25.2 Å². The van der Waals surface area contributed by atoms with Crippen molar-refractivity contribution in [3.05, 3.63) is 0 Å². The number of rotatable bonds is 7. The summed E-state index contributed by atoms with van der Waals surface area (Å²) in [7, 11) is 0. The first-order chi connectivity index (χ1) is 11.1. The van der Waals surface area contributed by atoms with E-state index in [9.17, 15) is 0 Å². The third kappa shape index (κ3) is 7.44. The Morgan fingerprint density at radius 1 is 1.17 bits per heavy atom. The standard InChI is InChI=1S/C18H36N4O.HI/c1-4-19-17(20-11-10-16-9-8-14-23-16)21-15-18(2,3)22-12-6-5-7-13-22;/h16H,4-15H2,1-3H3,(H2,19,20,21);1H. The van der Waals surface area contributed by atoms with Crippen LogP contribution in [0.3, 0.4) is 0 Å². The van der Waals surface area contributed by atoms with E-state index in [-0.39, 0.29) is 29.5 Å². The second-order valence-corrected chi connectivity index (χ2v) is 7.41. The van der Waals surface area contributed by atoms with Crippen LogP contribution in [0.25, 0.3) is 0 Å². The Kier molecular flexibility index (Phi) is 10.5. The Morgan fingerprint density at radius 2 is 1.92 bits per heavy atom. The number of ether oxygens (including phenoxy) is 1. The molecule has 0 saturated carbocycles. The number of guanidine groups is 1. The largest absolute Gasteiger partial charge is 0.378 e. The average molecular weight is 452 g/mol. The second kappa shape index (κ2) is 11.5. The van der Waals surface area contributed by atoms with E-state index in [1.165, 1.54) is 45.2 Å². The maximum atomic E-state index is 5.68. The quantitative estimate of drug-likeness (QED) is 0.354. The zero-order valence-corrected chi connectivity index (χ0v) is 18.1. The summed E-state index contributed by atoms with van der Waals surface area (Å²) in [4.78, 5) is 7.43. The number of nitrogens with one attached hydrogen (secondary N) is 2. The first kappa shape index (κ1) is 22.0. The number of halogens is 1. The third-order valence-corrected chi connectivity index (χ3v) is 4.96. The van der Waals surface area contributed by atoms with Gasteiger partial charge in [0.1, 0.15) is 0 Å². The summed E-state index contributed by atoms with van der Waals surface area (Å²) in [5.41, 5.74) is 0.136. The molecule has 0 radical (unpaired) electrons. The van der Waals surface area contributed by atoms with Crippen molar-refractivity contribution in [3.8, 4) is 0 Å². The van der Waals surface area contributed by atoms with Crippen molar-refractivity contribution >= 4 is 29.9 Å². The van der Waals surface area contributed by atoms with E-state index in [0.29, 0.717) is 6.10 Å². The zero-order valence-electron chi connectivity index (χ0n) is 15.8. The van der Waals surface area contributed by atoms with Gasteiger partial charge in [-0.15, -0.1) is 24.0 Å². The molecule has 0 aromatic carbocycles. The Bertz CT molecular complexity index is 364. The monoisotopic (exact) mass is 452 g/mol. The summed E-state index contributed by atoms with van der Waals surface area (Å²) in [5, 5.41) is 6.83. The Labute approximate surface area is 165 Å². The van der Waals surface area contributed by atoms with Crippen LogP contribution in [0.2, 0.25) is 0 Å². The van der Waals surface area contributed by atoms with Crippen LogP contribution in [0.5, 0.6) is 0 Å². The molecule has 0 amide bonds. The molecule has 0 aromatic rings. The maximum Gasteiger partial charge on any atom is 0.191 e. The van der Waals surface area contributed by atoms with Gasteiger partial charge in [-0.2, -0.15) is 0 Å². The lowest BCUT2D eigenvalue weighted by Gasteiger charge is -2.40. The molecule has 2 heterocycles. The number of piperidine rings is 1. The molecule has 0 aromatic heterocycles.